The molecule has 2 rings (SSSR count). The summed E-state index contributed by atoms with van der Waals surface area (Å²) >= 11 is 0. The molecule has 0 saturated heterocycles. The van der Waals surface area contributed by atoms with Gasteiger partial charge in [0.05, 0.1) is 12.5 Å². The van der Waals surface area contributed by atoms with Gasteiger partial charge < -0.3 is 15.9 Å². The van der Waals surface area contributed by atoms with Gasteiger partial charge in [-0.1, -0.05) is 17.3 Å². The summed E-state index contributed by atoms with van der Waals surface area (Å²) in [6.45, 7) is 0. The number of benzene rings is 1. The molecule has 1 aromatic heterocycles. The van der Waals surface area contributed by atoms with E-state index in [2.05, 4.69) is 19.8 Å². The zero-order valence-corrected chi connectivity index (χ0v) is 11.1. The normalized spacial score (nSPS) is 12.3. The number of imidazole rings is 1. The maximum Gasteiger partial charge on any atom is 0.278 e. The van der Waals surface area contributed by atoms with E-state index in [1.165, 1.54) is 12.5 Å². The van der Waals surface area contributed by atoms with Gasteiger partial charge in [0.2, 0.25) is 0 Å². The van der Waals surface area contributed by atoms with Gasteiger partial charge in [-0.3, -0.25) is 4.72 Å². The molecule has 106 valence electrons. The van der Waals surface area contributed by atoms with Crippen LogP contribution >= 0.6 is 0 Å². The molecule has 0 aliphatic carbocycles. The second-order valence-corrected chi connectivity index (χ2v) is 5.64. The number of sulfonamides is 1. The topological polar surface area (TPSA) is 133 Å². The first-order valence-electron chi connectivity index (χ1n) is 5.58. The lowest BCUT2D eigenvalue weighted by Gasteiger charge is -2.07. The highest BCUT2D eigenvalue weighted by Crippen LogP contribution is 2.15. The summed E-state index contributed by atoms with van der Waals surface area (Å²) in [5, 5.41) is 11.3. The highest BCUT2D eigenvalue weighted by Gasteiger charge is 2.15. The van der Waals surface area contributed by atoms with Gasteiger partial charge in [0, 0.05) is 12.1 Å². The van der Waals surface area contributed by atoms with Crippen molar-refractivity contribution in [2.45, 2.75) is 11.4 Å². The summed E-state index contributed by atoms with van der Waals surface area (Å²) in [6, 6.07) is 6.55. The first-order chi connectivity index (χ1) is 9.51. The van der Waals surface area contributed by atoms with Crippen LogP contribution in [0, 0.1) is 0 Å². The third-order valence-corrected chi connectivity index (χ3v) is 3.79. The smallest absolute Gasteiger partial charge is 0.278 e. The number of rotatable bonds is 5. The van der Waals surface area contributed by atoms with Crippen LogP contribution in [0.2, 0.25) is 0 Å². The van der Waals surface area contributed by atoms with Crippen LogP contribution in [-0.4, -0.2) is 29.4 Å². The van der Waals surface area contributed by atoms with Crippen LogP contribution in [0.1, 0.15) is 5.56 Å². The van der Waals surface area contributed by atoms with Crippen LogP contribution in [0.25, 0.3) is 0 Å². The maximum absolute atomic E-state index is 11.9. The molecule has 0 fully saturated rings. The van der Waals surface area contributed by atoms with Crippen molar-refractivity contribution in [1.82, 2.24) is 9.97 Å². The summed E-state index contributed by atoms with van der Waals surface area (Å²) in [6.07, 6.45) is 2.79. The van der Waals surface area contributed by atoms with Crippen LogP contribution in [-0.2, 0) is 16.4 Å². The molecule has 0 spiro atoms. The van der Waals surface area contributed by atoms with Crippen molar-refractivity contribution in [3.05, 3.63) is 42.4 Å². The largest absolute Gasteiger partial charge is 0.409 e. The molecule has 20 heavy (non-hydrogen) atoms. The second-order valence-electron chi connectivity index (χ2n) is 3.99. The predicted molar refractivity (Wildman–Crippen MR) is 73.0 cm³/mol. The Labute approximate surface area is 115 Å². The molecule has 0 saturated carbocycles. The van der Waals surface area contributed by atoms with Crippen molar-refractivity contribution in [3.8, 4) is 0 Å². The summed E-state index contributed by atoms with van der Waals surface area (Å²) in [4.78, 5) is 6.18. The summed E-state index contributed by atoms with van der Waals surface area (Å²) in [7, 11) is -3.67. The second kappa shape index (κ2) is 5.61. The van der Waals surface area contributed by atoms with Gasteiger partial charge in [-0.25, -0.2) is 4.98 Å². The minimum Gasteiger partial charge on any atom is -0.409 e. The number of nitrogens with two attached hydrogens (primary N) is 1. The van der Waals surface area contributed by atoms with Crippen molar-refractivity contribution in [3.63, 3.8) is 0 Å². The van der Waals surface area contributed by atoms with E-state index < -0.39 is 10.0 Å². The fourth-order valence-electron chi connectivity index (χ4n) is 1.54. The van der Waals surface area contributed by atoms with Crippen LogP contribution in [0.3, 0.4) is 0 Å². The average Bonchev–Trinajstić information content (AvgIpc) is 2.95. The lowest BCUT2D eigenvalue weighted by molar-refractivity contribution is 0.317. The standard InChI is InChI=1S/C11H13N5O3S/c12-10(15-17)5-8-1-3-9(4-2-8)16-20(18,19)11-6-13-7-14-11/h1-4,6-7,16-17H,5H2,(H2,12,15)(H,13,14). The van der Waals surface area contributed by atoms with Crippen molar-refractivity contribution in [1.29, 1.82) is 0 Å². The minimum atomic E-state index is -3.67. The highest BCUT2D eigenvalue weighted by molar-refractivity contribution is 7.92. The monoisotopic (exact) mass is 295 g/mol. The van der Waals surface area contributed by atoms with Gasteiger partial charge in [0.1, 0.15) is 5.84 Å². The first kappa shape index (κ1) is 13.9. The average molecular weight is 295 g/mol. The molecule has 0 radical (unpaired) electrons. The zero-order valence-electron chi connectivity index (χ0n) is 10.3. The van der Waals surface area contributed by atoms with E-state index in [1.807, 2.05) is 0 Å². The number of nitrogens with one attached hydrogen (secondary N) is 2. The number of oxime groups is 1. The Morgan fingerprint density at radius 1 is 1.40 bits per heavy atom. The fourth-order valence-corrected chi connectivity index (χ4v) is 2.50. The third kappa shape index (κ3) is 3.26. The van der Waals surface area contributed by atoms with E-state index >= 15 is 0 Å². The minimum absolute atomic E-state index is 0.0155. The number of aromatic nitrogens is 2. The summed E-state index contributed by atoms with van der Waals surface area (Å²) in [5.74, 6) is 0.0794. The Morgan fingerprint density at radius 3 is 2.65 bits per heavy atom. The molecule has 2 aromatic rings. The Morgan fingerprint density at radius 2 is 2.10 bits per heavy atom. The van der Waals surface area contributed by atoms with E-state index in [-0.39, 0.29) is 17.3 Å². The van der Waals surface area contributed by atoms with Crippen molar-refractivity contribution in [2.24, 2.45) is 10.9 Å². The number of amidine groups is 1. The molecular weight excluding hydrogens is 282 g/mol. The van der Waals surface area contributed by atoms with Gasteiger partial charge in [-0.15, -0.1) is 0 Å². The van der Waals surface area contributed by atoms with Gasteiger partial charge >= 0.3 is 0 Å². The third-order valence-electron chi connectivity index (χ3n) is 2.48. The quantitative estimate of drug-likeness (QED) is 0.276. The maximum atomic E-state index is 11.9. The fraction of sp³-hybridized carbons (Fsp3) is 0.0909. The van der Waals surface area contributed by atoms with E-state index in [9.17, 15) is 8.42 Å². The van der Waals surface area contributed by atoms with Crippen molar-refractivity contribution < 1.29 is 13.6 Å². The van der Waals surface area contributed by atoms with Crippen LogP contribution in [0.5, 0.6) is 0 Å². The van der Waals surface area contributed by atoms with Crippen molar-refractivity contribution in [2.75, 3.05) is 4.72 Å². The lowest BCUT2D eigenvalue weighted by atomic mass is 10.1. The zero-order chi connectivity index (χ0) is 14.6. The Kier molecular flexibility index (Phi) is 3.89. The number of H-pyrrole nitrogens is 1. The van der Waals surface area contributed by atoms with E-state index in [1.54, 1.807) is 24.3 Å². The van der Waals surface area contributed by atoms with Crippen LogP contribution in [0.4, 0.5) is 5.69 Å². The molecule has 0 atom stereocenters. The Hall–Kier alpha value is -2.55. The van der Waals surface area contributed by atoms with Gasteiger partial charge in [0.15, 0.2) is 5.03 Å². The molecule has 0 amide bonds. The first-order valence-corrected chi connectivity index (χ1v) is 7.06. The van der Waals surface area contributed by atoms with E-state index in [4.69, 9.17) is 10.9 Å². The van der Waals surface area contributed by atoms with Gasteiger partial charge in [-0.05, 0) is 17.7 Å². The SMILES string of the molecule is NC(Cc1ccc(NS(=O)(=O)c2cnc[nH]2)cc1)=NO. The summed E-state index contributed by atoms with van der Waals surface area (Å²) in [5.41, 5.74) is 6.59. The molecule has 8 nitrogen and oxygen atoms in total. The number of anilines is 1. The molecule has 0 unspecified atom stereocenters. The molecule has 0 bridgehead atoms. The van der Waals surface area contributed by atoms with E-state index in [0.717, 1.165) is 5.56 Å². The summed E-state index contributed by atoms with van der Waals surface area (Å²) < 4.78 is 26.2. The molecule has 1 aromatic carbocycles. The molecular formula is C11H13N5O3S. The highest BCUT2D eigenvalue weighted by atomic mass is 32.2. The number of aromatic amines is 1. The molecule has 9 heteroatoms. The molecule has 5 N–H and O–H groups in total. The number of hydrogen-bond donors (Lipinski definition) is 4. The van der Waals surface area contributed by atoms with Gasteiger partial charge in [0.25, 0.3) is 10.0 Å². The van der Waals surface area contributed by atoms with E-state index in [0.29, 0.717) is 5.69 Å². The lowest BCUT2D eigenvalue weighted by Crippen LogP contribution is -2.15. The number of hydrogen-bond acceptors (Lipinski definition) is 5. The Balaban J connectivity index is 2.12. The molecule has 0 aliphatic heterocycles. The van der Waals surface area contributed by atoms with Crippen LogP contribution in [0.15, 0.2) is 47.0 Å². The molecule has 0 aliphatic rings. The number of nitrogens with zero attached hydrogens (tertiary/aromatic N) is 2. The molecule has 1 heterocycles. The van der Waals surface area contributed by atoms with Crippen molar-refractivity contribution >= 4 is 21.5 Å². The van der Waals surface area contributed by atoms with Gasteiger partial charge in [-0.2, -0.15) is 8.42 Å². The van der Waals surface area contributed by atoms with Crippen LogP contribution < -0.4 is 10.5 Å². The predicted octanol–water partition coefficient (Wildman–Crippen LogP) is 0.499. The Bertz CT molecular complexity index is 692.